The Balaban J connectivity index is 2.04. The Morgan fingerprint density at radius 3 is 2.79 bits per heavy atom. The lowest BCUT2D eigenvalue weighted by Crippen LogP contribution is -2.33. The van der Waals surface area contributed by atoms with Crippen LogP contribution in [0.15, 0.2) is 30.3 Å². The molecule has 0 aliphatic rings. The summed E-state index contributed by atoms with van der Waals surface area (Å²) in [5.41, 5.74) is 0.0358. The first kappa shape index (κ1) is 14.4. The van der Waals surface area contributed by atoms with Crippen molar-refractivity contribution in [2.45, 2.75) is 20.3 Å². The highest BCUT2D eigenvalue weighted by Gasteiger charge is 2.19. The van der Waals surface area contributed by atoms with E-state index in [-0.39, 0.29) is 11.3 Å². The summed E-state index contributed by atoms with van der Waals surface area (Å²) in [5.74, 6) is 0.620. The molecule has 0 spiro atoms. The van der Waals surface area contributed by atoms with Crippen LogP contribution in [0.3, 0.4) is 0 Å². The summed E-state index contributed by atoms with van der Waals surface area (Å²) >= 11 is 7.29. The molecule has 2 rings (SSSR count). The Hall–Kier alpha value is -1.06. The van der Waals surface area contributed by atoms with E-state index in [1.807, 2.05) is 30.3 Å². The van der Waals surface area contributed by atoms with E-state index in [0.717, 1.165) is 21.4 Å². The third-order valence-corrected chi connectivity index (χ3v) is 4.45. The van der Waals surface area contributed by atoms with Crippen molar-refractivity contribution >= 4 is 38.9 Å². The molecule has 1 aromatic heterocycles. The number of thiophene rings is 1. The molecular formula is C15H18ClNOS. The average molecular weight is 296 g/mol. The molecule has 0 atom stereocenters. The first-order valence-corrected chi connectivity index (χ1v) is 7.70. The van der Waals surface area contributed by atoms with Crippen molar-refractivity contribution < 1.29 is 4.79 Å². The van der Waals surface area contributed by atoms with Crippen LogP contribution in [-0.4, -0.2) is 18.3 Å². The van der Waals surface area contributed by atoms with E-state index >= 15 is 0 Å². The quantitative estimate of drug-likeness (QED) is 0.819. The van der Waals surface area contributed by atoms with Crippen molar-refractivity contribution in [1.29, 1.82) is 0 Å². The van der Waals surface area contributed by atoms with Gasteiger partial charge >= 0.3 is 0 Å². The zero-order chi connectivity index (χ0) is 13.9. The zero-order valence-corrected chi connectivity index (χ0v) is 12.8. The summed E-state index contributed by atoms with van der Waals surface area (Å²) in [4.78, 5) is 12.9. The summed E-state index contributed by atoms with van der Waals surface area (Å²) in [6.07, 6.45) is 0.890. The number of halogens is 1. The van der Waals surface area contributed by atoms with Crippen LogP contribution in [0.2, 0.25) is 0 Å². The van der Waals surface area contributed by atoms with E-state index in [1.54, 1.807) is 0 Å². The smallest absolute Gasteiger partial charge is 0.261 e. The Morgan fingerprint density at radius 2 is 2.11 bits per heavy atom. The average Bonchev–Trinajstić information content (AvgIpc) is 2.79. The number of rotatable bonds is 5. The van der Waals surface area contributed by atoms with Gasteiger partial charge in [-0.2, -0.15) is 0 Å². The molecule has 1 N–H and O–H groups in total. The Bertz CT molecular complexity index is 543. The van der Waals surface area contributed by atoms with Gasteiger partial charge in [0.15, 0.2) is 0 Å². The number of hydrogen-bond donors (Lipinski definition) is 1. The van der Waals surface area contributed by atoms with Crippen molar-refractivity contribution in [3.63, 3.8) is 0 Å². The number of fused-ring (bicyclic) bond motifs is 1. The molecule has 0 unspecified atom stereocenters. The third kappa shape index (κ3) is 3.71. The molecule has 1 aromatic carbocycles. The molecule has 0 saturated carbocycles. The van der Waals surface area contributed by atoms with Gasteiger partial charge in [0.25, 0.3) is 5.91 Å². The Kier molecular flexibility index (Phi) is 4.48. The molecule has 0 aliphatic heterocycles. The molecule has 1 amide bonds. The number of benzene rings is 1. The van der Waals surface area contributed by atoms with Gasteiger partial charge in [0.2, 0.25) is 0 Å². The van der Waals surface area contributed by atoms with E-state index in [1.165, 1.54) is 11.3 Å². The molecule has 0 radical (unpaired) electrons. The summed E-state index contributed by atoms with van der Waals surface area (Å²) in [6, 6.07) is 9.99. The van der Waals surface area contributed by atoms with Crippen LogP contribution in [0.4, 0.5) is 0 Å². The lowest BCUT2D eigenvalue weighted by atomic mass is 9.90. The van der Waals surface area contributed by atoms with Crippen LogP contribution in [0.1, 0.15) is 29.9 Å². The molecule has 0 saturated heterocycles. The van der Waals surface area contributed by atoms with Gasteiger partial charge in [-0.25, -0.2) is 0 Å². The van der Waals surface area contributed by atoms with Gasteiger partial charge in [-0.1, -0.05) is 32.0 Å². The van der Waals surface area contributed by atoms with Gasteiger partial charge in [-0.05, 0) is 29.4 Å². The largest absolute Gasteiger partial charge is 0.351 e. The molecule has 0 bridgehead atoms. The molecule has 0 fully saturated rings. The summed E-state index contributed by atoms with van der Waals surface area (Å²) in [7, 11) is 0. The standard InChI is InChI=1S/C15H18ClNOS/c1-15(2,7-8-16)10-17-14(18)13-9-11-5-3-4-6-12(11)19-13/h3-6,9H,7-8,10H2,1-2H3,(H,17,18). The molecule has 2 aromatic rings. The van der Waals surface area contributed by atoms with Gasteiger partial charge in [0.05, 0.1) is 4.88 Å². The number of alkyl halides is 1. The fourth-order valence-corrected chi connectivity index (χ4v) is 3.34. The molecule has 4 heteroatoms. The van der Waals surface area contributed by atoms with E-state index < -0.39 is 0 Å². The fourth-order valence-electron chi connectivity index (χ4n) is 1.84. The molecule has 0 aliphatic carbocycles. The van der Waals surface area contributed by atoms with Crippen molar-refractivity contribution in [2.24, 2.45) is 5.41 Å². The van der Waals surface area contributed by atoms with Gasteiger partial charge in [-0.15, -0.1) is 22.9 Å². The van der Waals surface area contributed by atoms with Gasteiger partial charge < -0.3 is 5.32 Å². The van der Waals surface area contributed by atoms with Crippen molar-refractivity contribution in [3.05, 3.63) is 35.2 Å². The van der Waals surface area contributed by atoms with Crippen molar-refractivity contribution in [2.75, 3.05) is 12.4 Å². The van der Waals surface area contributed by atoms with Crippen LogP contribution in [0, 0.1) is 5.41 Å². The lowest BCUT2D eigenvalue weighted by Gasteiger charge is -2.23. The minimum absolute atomic E-state index is 0.00356. The van der Waals surface area contributed by atoms with Crippen molar-refractivity contribution in [1.82, 2.24) is 5.32 Å². The topological polar surface area (TPSA) is 29.1 Å². The predicted molar refractivity (Wildman–Crippen MR) is 83.3 cm³/mol. The van der Waals surface area contributed by atoms with Crippen LogP contribution in [0.5, 0.6) is 0 Å². The second kappa shape index (κ2) is 5.93. The minimum atomic E-state index is 0.00356. The van der Waals surface area contributed by atoms with E-state index in [0.29, 0.717) is 12.4 Å². The Morgan fingerprint density at radius 1 is 1.37 bits per heavy atom. The molecule has 2 nitrogen and oxygen atoms in total. The van der Waals surface area contributed by atoms with Crippen molar-refractivity contribution in [3.8, 4) is 0 Å². The normalized spacial score (nSPS) is 11.7. The highest BCUT2D eigenvalue weighted by Crippen LogP contribution is 2.25. The van der Waals surface area contributed by atoms with E-state index in [2.05, 4.69) is 19.2 Å². The van der Waals surface area contributed by atoms with Crippen LogP contribution in [-0.2, 0) is 0 Å². The summed E-state index contributed by atoms with van der Waals surface area (Å²) < 4.78 is 1.15. The molecular weight excluding hydrogens is 278 g/mol. The van der Waals surface area contributed by atoms with E-state index in [9.17, 15) is 4.79 Å². The lowest BCUT2D eigenvalue weighted by molar-refractivity contribution is 0.0940. The monoisotopic (exact) mass is 295 g/mol. The van der Waals surface area contributed by atoms with Crippen LogP contribution >= 0.6 is 22.9 Å². The van der Waals surface area contributed by atoms with Crippen LogP contribution < -0.4 is 5.32 Å². The van der Waals surface area contributed by atoms with Crippen LogP contribution in [0.25, 0.3) is 10.1 Å². The third-order valence-electron chi connectivity index (χ3n) is 3.15. The first-order chi connectivity index (χ1) is 9.02. The van der Waals surface area contributed by atoms with Gasteiger partial charge in [0.1, 0.15) is 0 Å². The molecule has 1 heterocycles. The predicted octanol–water partition coefficient (Wildman–Crippen LogP) is 4.29. The number of carbonyl (C=O) groups is 1. The number of amides is 1. The number of hydrogen-bond acceptors (Lipinski definition) is 2. The molecule has 19 heavy (non-hydrogen) atoms. The van der Waals surface area contributed by atoms with E-state index in [4.69, 9.17) is 11.6 Å². The maximum Gasteiger partial charge on any atom is 0.261 e. The maximum absolute atomic E-state index is 12.1. The zero-order valence-electron chi connectivity index (χ0n) is 11.2. The highest BCUT2D eigenvalue weighted by molar-refractivity contribution is 7.20. The molecule has 102 valence electrons. The first-order valence-electron chi connectivity index (χ1n) is 6.34. The maximum atomic E-state index is 12.1. The summed E-state index contributed by atoms with van der Waals surface area (Å²) in [6.45, 7) is 4.87. The minimum Gasteiger partial charge on any atom is -0.351 e. The second-order valence-electron chi connectivity index (χ2n) is 5.43. The number of nitrogens with one attached hydrogen (secondary N) is 1. The number of carbonyl (C=O) groups excluding carboxylic acids is 1. The Labute approximate surface area is 122 Å². The SMILES string of the molecule is CC(C)(CCCl)CNC(=O)c1cc2ccccc2s1. The fraction of sp³-hybridized carbons (Fsp3) is 0.400. The van der Waals surface area contributed by atoms with Gasteiger partial charge in [0, 0.05) is 17.1 Å². The van der Waals surface area contributed by atoms with Gasteiger partial charge in [-0.3, -0.25) is 4.79 Å². The highest BCUT2D eigenvalue weighted by atomic mass is 35.5. The second-order valence-corrected chi connectivity index (χ2v) is 6.90. The summed E-state index contributed by atoms with van der Waals surface area (Å²) in [5, 5.41) is 4.12.